The maximum absolute atomic E-state index is 12.4. The molecule has 0 bridgehead atoms. The van der Waals surface area contributed by atoms with E-state index in [1.807, 2.05) is 6.92 Å². The smallest absolute Gasteiger partial charge is 0.387 e. The average molecular weight is 473 g/mol. The van der Waals surface area contributed by atoms with Gasteiger partial charge in [-0.25, -0.2) is 4.99 Å². The fourth-order valence-electron chi connectivity index (χ4n) is 1.90. The average Bonchev–Trinajstić information content (AvgIpc) is 2.54. The summed E-state index contributed by atoms with van der Waals surface area (Å²) in [7, 11) is 1.63. The van der Waals surface area contributed by atoms with Crippen LogP contribution < -0.4 is 20.1 Å². The molecule has 0 amide bonds. The summed E-state index contributed by atoms with van der Waals surface area (Å²) in [5, 5.41) is 6.25. The Labute approximate surface area is 164 Å². The molecule has 144 valence electrons. The topological polar surface area (TPSA) is 64.1 Å². The van der Waals surface area contributed by atoms with Gasteiger partial charge in [0.1, 0.15) is 0 Å². The van der Waals surface area contributed by atoms with Crippen LogP contribution in [0.1, 0.15) is 19.4 Å². The summed E-state index contributed by atoms with van der Waals surface area (Å²) >= 11 is 0. The Morgan fingerprint density at radius 2 is 1.96 bits per heavy atom. The number of nitrogens with one attached hydrogen (secondary N) is 2. The summed E-state index contributed by atoms with van der Waals surface area (Å²) in [5.41, 5.74) is 0.823. The summed E-state index contributed by atoms with van der Waals surface area (Å²) in [6.45, 7) is 3.51. The summed E-state index contributed by atoms with van der Waals surface area (Å²) in [6, 6.07) is 4.80. The molecule has 9 heteroatoms. The predicted octanol–water partition coefficient (Wildman–Crippen LogP) is 3.01. The molecule has 1 aromatic carbocycles. The Morgan fingerprint density at radius 1 is 1.20 bits per heavy atom. The Balaban J connectivity index is 0.00000576. The number of benzene rings is 1. The molecule has 0 atom stereocenters. The van der Waals surface area contributed by atoms with Crippen molar-refractivity contribution in [3.8, 4) is 11.5 Å². The minimum atomic E-state index is -2.89. The molecule has 0 saturated heterocycles. The van der Waals surface area contributed by atoms with E-state index >= 15 is 0 Å². The van der Waals surface area contributed by atoms with E-state index in [2.05, 4.69) is 20.4 Å². The number of alkyl halides is 2. The first-order valence-electron chi connectivity index (χ1n) is 7.82. The third kappa shape index (κ3) is 9.63. The molecule has 0 spiro atoms. The molecule has 0 aromatic heterocycles. The lowest BCUT2D eigenvalue weighted by molar-refractivity contribution is -0.0514. The van der Waals surface area contributed by atoms with Gasteiger partial charge in [-0.2, -0.15) is 8.78 Å². The summed E-state index contributed by atoms with van der Waals surface area (Å²) in [6.07, 6.45) is 0. The highest BCUT2D eigenvalue weighted by molar-refractivity contribution is 14.0. The molecule has 0 fully saturated rings. The monoisotopic (exact) mass is 473 g/mol. The lowest BCUT2D eigenvalue weighted by Gasteiger charge is -2.13. The third-order valence-electron chi connectivity index (χ3n) is 2.89. The molecule has 0 radical (unpaired) electrons. The highest BCUT2D eigenvalue weighted by Gasteiger charge is 2.11. The minimum absolute atomic E-state index is 0. The van der Waals surface area contributed by atoms with Crippen molar-refractivity contribution >= 4 is 29.9 Å². The molecule has 0 aliphatic carbocycles. The van der Waals surface area contributed by atoms with Crippen LogP contribution in [0.15, 0.2) is 23.2 Å². The molecule has 0 unspecified atom stereocenters. The number of rotatable bonds is 10. The Kier molecular flexibility index (Phi) is 13.1. The van der Waals surface area contributed by atoms with E-state index < -0.39 is 6.61 Å². The first kappa shape index (κ1) is 23.6. The molecule has 2 N–H and O–H groups in total. The van der Waals surface area contributed by atoms with Crippen molar-refractivity contribution < 1.29 is 23.0 Å². The molecule has 0 aliphatic heterocycles. The zero-order valence-corrected chi connectivity index (χ0v) is 17.0. The lowest BCUT2D eigenvalue weighted by atomic mass is 10.2. The van der Waals surface area contributed by atoms with Crippen molar-refractivity contribution in [2.24, 2.45) is 4.99 Å². The molecule has 6 nitrogen and oxygen atoms in total. The Hall–Kier alpha value is -1.36. The first-order chi connectivity index (χ1) is 11.6. The quantitative estimate of drug-likeness (QED) is 0.237. The Morgan fingerprint density at radius 3 is 2.56 bits per heavy atom. The number of hydrogen-bond donors (Lipinski definition) is 2. The SMILES string of the molecule is CCNC(=NCc1ccc(OC(F)F)c(OCC)c1)NCCOC.I. The van der Waals surface area contributed by atoms with E-state index in [9.17, 15) is 8.78 Å². The van der Waals surface area contributed by atoms with E-state index in [1.165, 1.54) is 6.07 Å². The van der Waals surface area contributed by atoms with Gasteiger partial charge in [0.05, 0.1) is 19.8 Å². The van der Waals surface area contributed by atoms with Crippen molar-refractivity contribution in [1.29, 1.82) is 0 Å². The van der Waals surface area contributed by atoms with Gasteiger partial charge in [0.25, 0.3) is 0 Å². The van der Waals surface area contributed by atoms with Crippen LogP contribution in [0.25, 0.3) is 0 Å². The maximum Gasteiger partial charge on any atom is 0.387 e. The fourth-order valence-corrected chi connectivity index (χ4v) is 1.90. The largest absolute Gasteiger partial charge is 0.490 e. The van der Waals surface area contributed by atoms with Crippen LogP contribution in [0.2, 0.25) is 0 Å². The molecular weight excluding hydrogens is 447 g/mol. The highest BCUT2D eigenvalue weighted by Crippen LogP contribution is 2.30. The first-order valence-corrected chi connectivity index (χ1v) is 7.82. The number of methoxy groups -OCH3 is 1. The normalized spacial score (nSPS) is 11.0. The van der Waals surface area contributed by atoms with Crippen molar-refractivity contribution in [3.63, 3.8) is 0 Å². The maximum atomic E-state index is 12.4. The summed E-state index contributed by atoms with van der Waals surface area (Å²) < 4.78 is 39.6. The second-order valence-electron chi connectivity index (χ2n) is 4.71. The number of halogens is 3. The van der Waals surface area contributed by atoms with Gasteiger partial charge in [-0.3, -0.25) is 0 Å². The highest BCUT2D eigenvalue weighted by atomic mass is 127. The van der Waals surface area contributed by atoms with Crippen LogP contribution in [0, 0.1) is 0 Å². The van der Waals surface area contributed by atoms with Crippen molar-refractivity contribution in [1.82, 2.24) is 10.6 Å². The van der Waals surface area contributed by atoms with E-state index in [0.29, 0.717) is 32.3 Å². The molecule has 25 heavy (non-hydrogen) atoms. The van der Waals surface area contributed by atoms with Crippen molar-refractivity contribution in [2.45, 2.75) is 27.0 Å². The summed E-state index contributed by atoms with van der Waals surface area (Å²) in [5.74, 6) is 0.952. The second kappa shape index (κ2) is 13.9. The molecule has 0 saturated carbocycles. The van der Waals surface area contributed by atoms with Crippen molar-refractivity contribution in [3.05, 3.63) is 23.8 Å². The van der Waals surface area contributed by atoms with Gasteiger partial charge >= 0.3 is 6.61 Å². The van der Waals surface area contributed by atoms with E-state index in [1.54, 1.807) is 26.2 Å². The third-order valence-corrected chi connectivity index (χ3v) is 2.89. The fraction of sp³-hybridized carbons (Fsp3) is 0.562. The Bertz CT molecular complexity index is 519. The van der Waals surface area contributed by atoms with Crippen LogP contribution in [0.5, 0.6) is 11.5 Å². The van der Waals surface area contributed by atoms with Gasteiger partial charge in [0.15, 0.2) is 17.5 Å². The second-order valence-corrected chi connectivity index (χ2v) is 4.71. The number of hydrogen-bond acceptors (Lipinski definition) is 4. The lowest BCUT2D eigenvalue weighted by Crippen LogP contribution is -2.38. The molecular formula is C16H26F2IN3O3. The van der Waals surface area contributed by atoms with Gasteiger partial charge < -0.3 is 24.8 Å². The van der Waals surface area contributed by atoms with Crippen LogP contribution in [-0.2, 0) is 11.3 Å². The van der Waals surface area contributed by atoms with Gasteiger partial charge in [-0.05, 0) is 31.5 Å². The number of guanidine groups is 1. The molecule has 1 rings (SSSR count). The van der Waals surface area contributed by atoms with E-state index in [4.69, 9.17) is 9.47 Å². The van der Waals surface area contributed by atoms with Crippen LogP contribution in [-0.4, -0.2) is 46.0 Å². The molecule has 0 heterocycles. The van der Waals surface area contributed by atoms with Gasteiger partial charge in [0, 0.05) is 20.2 Å². The van der Waals surface area contributed by atoms with Crippen LogP contribution >= 0.6 is 24.0 Å². The number of ether oxygens (including phenoxy) is 3. The molecule has 0 aliphatic rings. The van der Waals surface area contributed by atoms with Crippen LogP contribution in [0.4, 0.5) is 8.78 Å². The van der Waals surface area contributed by atoms with E-state index in [0.717, 1.165) is 12.1 Å². The van der Waals surface area contributed by atoms with Gasteiger partial charge in [0.2, 0.25) is 0 Å². The standard InChI is InChI=1S/C16H25F2N3O3.HI/c1-4-19-16(20-8-9-22-3)21-11-12-6-7-13(24-15(17)18)14(10-12)23-5-2;/h6-7,10,15H,4-5,8-9,11H2,1-3H3,(H2,19,20,21);1H. The number of aliphatic imine (C=N–C) groups is 1. The van der Waals surface area contributed by atoms with Crippen molar-refractivity contribution in [2.75, 3.05) is 33.4 Å². The zero-order chi connectivity index (χ0) is 17.8. The van der Waals surface area contributed by atoms with E-state index in [-0.39, 0.29) is 35.5 Å². The van der Waals surface area contributed by atoms with Gasteiger partial charge in [-0.15, -0.1) is 24.0 Å². The molecule has 1 aromatic rings. The number of nitrogens with zero attached hydrogens (tertiary/aromatic N) is 1. The van der Waals surface area contributed by atoms with Crippen LogP contribution in [0.3, 0.4) is 0 Å². The predicted molar refractivity (Wildman–Crippen MR) is 104 cm³/mol. The minimum Gasteiger partial charge on any atom is -0.490 e. The summed E-state index contributed by atoms with van der Waals surface area (Å²) in [4.78, 5) is 4.44. The zero-order valence-electron chi connectivity index (χ0n) is 14.7. The van der Waals surface area contributed by atoms with Gasteiger partial charge in [-0.1, -0.05) is 6.07 Å².